The van der Waals surface area contributed by atoms with Gasteiger partial charge in [0.25, 0.3) is 5.91 Å². The molecule has 0 aliphatic carbocycles. The topological polar surface area (TPSA) is 74.3 Å². The summed E-state index contributed by atoms with van der Waals surface area (Å²) in [5, 5.41) is 0. The monoisotopic (exact) mass is 389 g/mol. The number of morpholine rings is 1. The summed E-state index contributed by atoms with van der Waals surface area (Å²) in [7, 11) is 1.71. The molecule has 1 unspecified atom stereocenters. The molecule has 0 aromatic carbocycles. The summed E-state index contributed by atoms with van der Waals surface area (Å²) in [5.74, 6) is 1.10. The van der Waals surface area contributed by atoms with Gasteiger partial charge in [-0.05, 0) is 13.3 Å². The maximum absolute atomic E-state index is 13.1. The van der Waals surface area contributed by atoms with Crippen molar-refractivity contribution in [3.63, 3.8) is 0 Å². The molecule has 0 N–H and O–H groups in total. The molecule has 3 amide bonds. The molecule has 4 rings (SSSR count). The predicted octanol–water partition coefficient (Wildman–Crippen LogP) is 0.695. The number of urea groups is 1. The molecule has 1 aromatic rings. The summed E-state index contributed by atoms with van der Waals surface area (Å²) in [6.45, 7) is 9.68. The van der Waals surface area contributed by atoms with Gasteiger partial charge in [0.05, 0.1) is 19.8 Å². The Balaban J connectivity index is 1.59. The van der Waals surface area contributed by atoms with Crippen molar-refractivity contribution in [3.8, 4) is 0 Å². The van der Waals surface area contributed by atoms with Gasteiger partial charge in [-0.1, -0.05) is 18.3 Å². The first kappa shape index (κ1) is 19.1. The van der Waals surface area contributed by atoms with Crippen LogP contribution in [-0.4, -0.2) is 83.5 Å². The molecule has 4 heterocycles. The van der Waals surface area contributed by atoms with E-state index in [2.05, 4.69) is 16.4 Å². The normalized spacial score (nSPS) is 22.5. The predicted molar refractivity (Wildman–Crippen MR) is 103 cm³/mol. The summed E-state index contributed by atoms with van der Waals surface area (Å²) in [4.78, 5) is 35.7. The molecule has 0 saturated carbocycles. The zero-order valence-electron chi connectivity index (χ0n) is 16.9. The van der Waals surface area contributed by atoms with Crippen LogP contribution in [0.2, 0.25) is 0 Å². The second-order valence-corrected chi connectivity index (χ2v) is 7.64. The number of fused-ring (bicyclic) bond motifs is 3. The number of amidine groups is 1. The van der Waals surface area contributed by atoms with Crippen LogP contribution in [0.5, 0.6) is 0 Å². The maximum atomic E-state index is 13.1. The van der Waals surface area contributed by atoms with Crippen molar-refractivity contribution in [3.05, 3.63) is 11.9 Å². The van der Waals surface area contributed by atoms with Gasteiger partial charge in [0.1, 0.15) is 11.9 Å². The number of aromatic nitrogens is 2. The summed E-state index contributed by atoms with van der Waals surface area (Å²) in [5.41, 5.74) is 1.07. The molecule has 1 atom stereocenters. The molecule has 0 bridgehead atoms. The Morgan fingerprint density at radius 3 is 2.68 bits per heavy atom. The number of ether oxygens (including phenoxy) is 1. The number of aliphatic imine (C=N–C) groups is 1. The van der Waals surface area contributed by atoms with E-state index in [1.165, 1.54) is 9.80 Å². The van der Waals surface area contributed by atoms with Crippen molar-refractivity contribution >= 4 is 23.7 Å². The van der Waals surface area contributed by atoms with Gasteiger partial charge in [-0.2, -0.15) is 0 Å². The number of hydrogen-bond donors (Lipinski definition) is 0. The van der Waals surface area contributed by atoms with E-state index in [0.717, 1.165) is 63.9 Å². The number of unbranched alkanes of at least 4 members (excludes halogenated alkanes) is 1. The number of nitrogens with zero attached hydrogens (tertiary/aromatic N) is 6. The van der Waals surface area contributed by atoms with Crippen LogP contribution >= 0.6 is 0 Å². The van der Waals surface area contributed by atoms with Gasteiger partial charge in [0.15, 0.2) is 0 Å². The average molecular weight is 389 g/mol. The first-order valence-corrected chi connectivity index (χ1v) is 10.1. The van der Waals surface area contributed by atoms with E-state index in [1.54, 1.807) is 7.05 Å². The minimum absolute atomic E-state index is 0.177. The highest BCUT2D eigenvalue weighted by Gasteiger charge is 2.52. The van der Waals surface area contributed by atoms with Gasteiger partial charge in [0, 0.05) is 33.2 Å². The lowest BCUT2D eigenvalue weighted by atomic mass is 10.1. The third-order valence-electron chi connectivity index (χ3n) is 5.80. The quantitative estimate of drug-likeness (QED) is 0.671. The number of aryl methyl sites for hydroxylation is 1. The Hall–Kier alpha value is -2.26. The lowest BCUT2D eigenvalue weighted by Gasteiger charge is -2.33. The average Bonchev–Trinajstić information content (AvgIpc) is 3.20. The fourth-order valence-electron chi connectivity index (χ4n) is 4.10. The third kappa shape index (κ3) is 3.12. The van der Waals surface area contributed by atoms with E-state index >= 15 is 0 Å². The van der Waals surface area contributed by atoms with Crippen molar-refractivity contribution in [1.29, 1.82) is 0 Å². The van der Waals surface area contributed by atoms with Crippen molar-refractivity contribution in [2.45, 2.75) is 39.3 Å². The first-order valence-electron chi connectivity index (χ1n) is 10.1. The molecule has 2 fully saturated rings. The van der Waals surface area contributed by atoms with Gasteiger partial charge in [-0.3, -0.25) is 19.5 Å². The zero-order chi connectivity index (χ0) is 19.8. The van der Waals surface area contributed by atoms with Crippen LogP contribution in [0.3, 0.4) is 0 Å². The Bertz CT molecular complexity index is 811. The smallest absolute Gasteiger partial charge is 0.379 e. The molecule has 2 saturated heterocycles. The number of rotatable bonds is 6. The summed E-state index contributed by atoms with van der Waals surface area (Å²) < 4.78 is 9.48. The Labute approximate surface area is 165 Å². The van der Waals surface area contributed by atoms with Crippen LogP contribution in [0.15, 0.2) is 11.2 Å². The summed E-state index contributed by atoms with van der Waals surface area (Å²) >= 11 is 0. The van der Waals surface area contributed by atoms with E-state index in [9.17, 15) is 9.59 Å². The number of amides is 3. The third-order valence-corrected chi connectivity index (χ3v) is 5.80. The van der Waals surface area contributed by atoms with Crippen LogP contribution in [0, 0.1) is 6.92 Å². The summed E-state index contributed by atoms with van der Waals surface area (Å²) in [6.07, 6.45) is 3.72. The van der Waals surface area contributed by atoms with Gasteiger partial charge < -0.3 is 4.74 Å². The number of likely N-dealkylation sites (N-methyl/N-ethyl adjacent to an activating group) is 1. The molecule has 3 aliphatic heterocycles. The number of hydrogen-bond acceptors (Lipinski definition) is 5. The second kappa shape index (κ2) is 7.63. The zero-order valence-corrected chi connectivity index (χ0v) is 16.9. The largest absolute Gasteiger partial charge is 0.401 e. The number of carbonyl (C=O) groups excluding carboxylic acids is 2. The van der Waals surface area contributed by atoms with E-state index in [1.807, 2.05) is 17.7 Å². The van der Waals surface area contributed by atoms with Crippen LogP contribution < -0.4 is 4.57 Å². The first-order chi connectivity index (χ1) is 13.5. The van der Waals surface area contributed by atoms with Crippen LogP contribution in [0.25, 0.3) is 0 Å². The lowest BCUT2D eigenvalue weighted by Crippen LogP contribution is -2.62. The van der Waals surface area contributed by atoms with Crippen molar-refractivity contribution in [2.24, 2.45) is 4.99 Å². The van der Waals surface area contributed by atoms with Crippen LogP contribution in [-0.2, 0) is 16.1 Å². The molecule has 9 heteroatoms. The number of imidazole rings is 1. The highest BCUT2D eigenvalue weighted by atomic mass is 16.5. The standard InChI is InChI=1S/C19H29N6O3/c1-4-5-6-24-17(26)15-16(21(3)19(24)27)20-18-23(14(2)13-25(15)18)8-7-22-9-11-28-12-10-22/h13,15H,4-12H2,1-3H3/q+1. The lowest BCUT2D eigenvalue weighted by molar-refractivity contribution is -0.677. The highest BCUT2D eigenvalue weighted by Crippen LogP contribution is 2.29. The Kier molecular flexibility index (Phi) is 5.20. The van der Waals surface area contributed by atoms with E-state index in [0.29, 0.717) is 12.4 Å². The number of imide groups is 1. The molecule has 9 nitrogen and oxygen atoms in total. The van der Waals surface area contributed by atoms with E-state index in [-0.39, 0.29) is 11.9 Å². The van der Waals surface area contributed by atoms with Crippen molar-refractivity contribution in [2.75, 3.05) is 46.4 Å². The minimum Gasteiger partial charge on any atom is -0.379 e. The van der Waals surface area contributed by atoms with Gasteiger partial charge in [-0.25, -0.2) is 13.9 Å². The molecule has 0 radical (unpaired) electrons. The molecule has 0 spiro atoms. The fraction of sp³-hybridized carbons (Fsp3) is 0.684. The van der Waals surface area contributed by atoms with Gasteiger partial charge in [0.2, 0.25) is 11.9 Å². The Morgan fingerprint density at radius 2 is 1.96 bits per heavy atom. The molecule has 28 heavy (non-hydrogen) atoms. The van der Waals surface area contributed by atoms with Crippen molar-refractivity contribution < 1.29 is 18.9 Å². The Morgan fingerprint density at radius 1 is 1.21 bits per heavy atom. The molecule has 152 valence electrons. The minimum atomic E-state index is -0.544. The molecular formula is C19H29N6O3+. The second-order valence-electron chi connectivity index (χ2n) is 7.64. The summed E-state index contributed by atoms with van der Waals surface area (Å²) in [6, 6.07) is -0.825. The molecular weight excluding hydrogens is 360 g/mol. The van der Waals surface area contributed by atoms with Gasteiger partial charge >= 0.3 is 12.0 Å². The fourth-order valence-corrected chi connectivity index (χ4v) is 4.10. The molecule has 1 aromatic heterocycles. The maximum Gasteiger partial charge on any atom is 0.401 e. The van der Waals surface area contributed by atoms with E-state index in [4.69, 9.17) is 9.73 Å². The van der Waals surface area contributed by atoms with E-state index < -0.39 is 6.04 Å². The van der Waals surface area contributed by atoms with Gasteiger partial charge in [-0.15, -0.1) is 0 Å². The molecule has 3 aliphatic rings. The van der Waals surface area contributed by atoms with Crippen molar-refractivity contribution in [1.82, 2.24) is 19.3 Å². The SMILES string of the molecule is CCCCN1C(=O)C2C(=Nc3n(CCN4CCOCC4)c(C)c[n+]32)N(C)C1=O. The van der Waals surface area contributed by atoms with Crippen LogP contribution in [0.1, 0.15) is 31.5 Å². The number of carbonyl (C=O) groups is 2. The van der Waals surface area contributed by atoms with Crippen LogP contribution in [0.4, 0.5) is 10.7 Å². The highest BCUT2D eigenvalue weighted by molar-refractivity contribution is 6.19.